The summed E-state index contributed by atoms with van der Waals surface area (Å²) in [5.41, 5.74) is -0.622. The molecule has 0 spiro atoms. The Bertz CT molecular complexity index is 1790. The Morgan fingerprint density at radius 1 is 1.05 bits per heavy atom. The molecule has 5 rings (SSSR count). The Hall–Kier alpha value is -3.64. The van der Waals surface area contributed by atoms with E-state index in [1.807, 2.05) is 37.3 Å². The predicted molar refractivity (Wildman–Crippen MR) is 150 cm³/mol. The van der Waals surface area contributed by atoms with E-state index in [-0.39, 0.29) is 44.1 Å². The number of benzene rings is 3. The summed E-state index contributed by atoms with van der Waals surface area (Å²) in [5.74, 6) is -0.362. The van der Waals surface area contributed by atoms with Gasteiger partial charge < -0.3 is 9.84 Å². The maximum Gasteiger partial charge on any atom is 0.349 e. The van der Waals surface area contributed by atoms with Gasteiger partial charge in [0.05, 0.1) is 15.7 Å². The zero-order valence-electron chi connectivity index (χ0n) is 21.2. The molecule has 0 bridgehead atoms. The van der Waals surface area contributed by atoms with Gasteiger partial charge >= 0.3 is 5.69 Å². The summed E-state index contributed by atoms with van der Waals surface area (Å²) < 4.78 is 35.6. The van der Waals surface area contributed by atoms with Crippen molar-refractivity contribution in [2.75, 3.05) is 13.1 Å². The summed E-state index contributed by atoms with van der Waals surface area (Å²) in [6.45, 7) is 2.60. The fourth-order valence-electron chi connectivity index (χ4n) is 4.80. The van der Waals surface area contributed by atoms with Gasteiger partial charge in [0, 0.05) is 24.6 Å². The number of ether oxygens (including phenoxy) is 1. The minimum absolute atomic E-state index is 0.00506. The van der Waals surface area contributed by atoms with Gasteiger partial charge in [-0.05, 0) is 42.7 Å². The molecule has 1 aliphatic rings. The molecule has 0 aliphatic carbocycles. The summed E-state index contributed by atoms with van der Waals surface area (Å²) in [4.78, 5) is 25.2. The van der Waals surface area contributed by atoms with Gasteiger partial charge in [-0.2, -0.15) is 14.1 Å². The fraction of sp³-hybridized carbons (Fsp3) is 0.222. The molecule has 1 aromatic heterocycles. The number of sulfonamides is 1. The Kier molecular flexibility index (Phi) is 7.49. The molecule has 0 amide bonds. The van der Waals surface area contributed by atoms with Crippen LogP contribution in [0.15, 0.2) is 81.3 Å². The second-order valence-corrected chi connectivity index (χ2v) is 12.4. The maximum atomic E-state index is 13.7. The van der Waals surface area contributed by atoms with Crippen molar-refractivity contribution in [3.63, 3.8) is 0 Å². The fourth-order valence-corrected chi connectivity index (χ4v) is 7.05. The molecule has 3 aromatic carbocycles. The molecule has 0 saturated carbocycles. The number of nitrogens with one attached hydrogen (secondary N) is 1. The zero-order valence-corrected chi connectivity index (χ0v) is 23.5. The minimum Gasteiger partial charge on any atom is -0.507 e. The van der Waals surface area contributed by atoms with Gasteiger partial charge in [0.2, 0.25) is 10.0 Å². The molecular formula is C27H24Cl2N4O6S. The molecule has 1 unspecified atom stereocenters. The number of aromatic amines is 1. The highest BCUT2D eigenvalue weighted by Crippen LogP contribution is 2.41. The molecule has 4 aromatic rings. The van der Waals surface area contributed by atoms with Crippen LogP contribution in [0.4, 0.5) is 0 Å². The van der Waals surface area contributed by atoms with Crippen molar-refractivity contribution in [2.45, 2.75) is 30.1 Å². The van der Waals surface area contributed by atoms with E-state index in [4.69, 9.17) is 27.9 Å². The lowest BCUT2D eigenvalue weighted by Gasteiger charge is -2.40. The molecule has 1 fully saturated rings. The van der Waals surface area contributed by atoms with Crippen LogP contribution < -0.4 is 16.0 Å². The highest BCUT2D eigenvalue weighted by atomic mass is 35.5. The van der Waals surface area contributed by atoms with Crippen molar-refractivity contribution < 1.29 is 18.3 Å². The number of aromatic hydroxyl groups is 1. The van der Waals surface area contributed by atoms with E-state index < -0.39 is 27.0 Å². The summed E-state index contributed by atoms with van der Waals surface area (Å²) in [6.07, 6.45) is 2.41. The van der Waals surface area contributed by atoms with Gasteiger partial charge in [-0.1, -0.05) is 60.5 Å². The average molecular weight is 603 g/mol. The van der Waals surface area contributed by atoms with Crippen LogP contribution in [-0.2, 0) is 15.4 Å². The number of aromatic nitrogens is 3. The monoisotopic (exact) mass is 602 g/mol. The van der Waals surface area contributed by atoms with Crippen LogP contribution >= 0.6 is 23.2 Å². The number of hydrogen-bond donors (Lipinski definition) is 2. The molecule has 40 heavy (non-hydrogen) atoms. The molecule has 2 heterocycles. The van der Waals surface area contributed by atoms with Crippen LogP contribution in [0, 0.1) is 0 Å². The van der Waals surface area contributed by atoms with Crippen molar-refractivity contribution in [1.29, 1.82) is 0 Å². The number of halogens is 2. The molecule has 0 radical (unpaired) electrons. The molecule has 1 atom stereocenters. The number of H-pyrrole nitrogens is 1. The van der Waals surface area contributed by atoms with E-state index in [2.05, 4.69) is 10.1 Å². The van der Waals surface area contributed by atoms with Crippen molar-refractivity contribution >= 4 is 33.2 Å². The third-order valence-electron chi connectivity index (χ3n) is 6.84. The molecular weight excluding hydrogens is 579 g/mol. The van der Waals surface area contributed by atoms with E-state index in [0.29, 0.717) is 13.0 Å². The lowest BCUT2D eigenvalue weighted by Crippen LogP contribution is -2.46. The zero-order chi connectivity index (χ0) is 28.7. The average Bonchev–Trinajstić information content (AvgIpc) is 2.92. The number of piperidine rings is 1. The first-order valence-corrected chi connectivity index (χ1v) is 14.4. The Labute approximate surface area is 239 Å². The van der Waals surface area contributed by atoms with Crippen LogP contribution in [-0.4, -0.2) is 45.7 Å². The van der Waals surface area contributed by atoms with Crippen molar-refractivity contribution in [3.05, 3.63) is 103 Å². The summed E-state index contributed by atoms with van der Waals surface area (Å²) in [7, 11) is -4.10. The minimum atomic E-state index is -4.10. The van der Waals surface area contributed by atoms with Gasteiger partial charge in [-0.15, -0.1) is 0 Å². The van der Waals surface area contributed by atoms with E-state index >= 15 is 0 Å². The lowest BCUT2D eigenvalue weighted by molar-refractivity contribution is 0.240. The smallest absolute Gasteiger partial charge is 0.349 e. The lowest BCUT2D eigenvalue weighted by atomic mass is 9.77. The number of rotatable bonds is 6. The highest BCUT2D eigenvalue weighted by Gasteiger charge is 2.39. The highest BCUT2D eigenvalue weighted by molar-refractivity contribution is 7.89. The summed E-state index contributed by atoms with van der Waals surface area (Å²) in [5, 5.41) is 14.3. The maximum absolute atomic E-state index is 13.7. The SMILES string of the molecule is CC1(c2ccccc2)CCCN(S(=O)(=O)c2cc(Oc3c(Cl)cc(-n4ncc(=O)[nH]c4=O)cc3Cl)ccc2O)C1. The Morgan fingerprint density at radius 2 is 1.75 bits per heavy atom. The van der Waals surface area contributed by atoms with Crippen molar-refractivity contribution in [1.82, 2.24) is 19.1 Å². The van der Waals surface area contributed by atoms with Gasteiger partial charge in [-0.3, -0.25) is 9.78 Å². The van der Waals surface area contributed by atoms with Crippen molar-refractivity contribution in [3.8, 4) is 22.9 Å². The molecule has 1 saturated heterocycles. The number of phenolic OH excluding ortho intramolecular Hbond substituents is 1. The third-order valence-corrected chi connectivity index (χ3v) is 9.28. The van der Waals surface area contributed by atoms with Gasteiger partial charge in [0.1, 0.15) is 22.6 Å². The van der Waals surface area contributed by atoms with E-state index in [1.165, 1.54) is 34.6 Å². The van der Waals surface area contributed by atoms with Crippen molar-refractivity contribution in [2.24, 2.45) is 0 Å². The van der Waals surface area contributed by atoms with Gasteiger partial charge in [-0.25, -0.2) is 13.2 Å². The molecule has 2 N–H and O–H groups in total. The van der Waals surface area contributed by atoms with Crippen LogP contribution in [0.3, 0.4) is 0 Å². The topological polar surface area (TPSA) is 135 Å². The molecule has 10 nitrogen and oxygen atoms in total. The summed E-state index contributed by atoms with van der Waals surface area (Å²) in [6, 6.07) is 16.3. The van der Waals surface area contributed by atoms with Crippen LogP contribution in [0.5, 0.6) is 17.2 Å². The first kappa shape index (κ1) is 27.9. The first-order valence-electron chi connectivity index (χ1n) is 12.2. The predicted octanol–water partition coefficient (Wildman–Crippen LogP) is 4.47. The molecule has 1 aliphatic heterocycles. The standard InChI is InChI=1S/C27H24Cl2N4O6S/c1-27(17-6-3-2-4-7-17)10-5-11-32(16-27)40(37,38)23-14-19(8-9-22(23)34)39-25-20(28)12-18(13-21(25)29)33-26(36)31-24(35)15-30-33/h2-4,6-9,12-15,34H,5,10-11,16H2,1H3,(H,31,35,36). The second kappa shape index (κ2) is 10.7. The van der Waals surface area contributed by atoms with Crippen LogP contribution in [0.2, 0.25) is 10.0 Å². The first-order chi connectivity index (χ1) is 19.0. The van der Waals surface area contributed by atoms with E-state index in [1.54, 1.807) is 0 Å². The molecule has 13 heteroatoms. The number of hydrogen-bond acceptors (Lipinski definition) is 7. The third kappa shape index (κ3) is 5.37. The Morgan fingerprint density at radius 3 is 2.42 bits per heavy atom. The van der Waals surface area contributed by atoms with Gasteiger partial charge in [0.15, 0.2) is 5.75 Å². The van der Waals surface area contributed by atoms with Crippen LogP contribution in [0.25, 0.3) is 5.69 Å². The van der Waals surface area contributed by atoms with E-state index in [0.717, 1.165) is 22.9 Å². The molecule has 208 valence electrons. The second-order valence-electron chi connectivity index (χ2n) is 9.69. The Balaban J connectivity index is 1.44. The summed E-state index contributed by atoms with van der Waals surface area (Å²) >= 11 is 12.8. The largest absolute Gasteiger partial charge is 0.507 e. The number of nitrogens with zero attached hydrogens (tertiary/aromatic N) is 3. The quantitative estimate of drug-likeness (QED) is 0.332. The normalized spacial score (nSPS) is 18.0. The van der Waals surface area contributed by atoms with E-state index in [9.17, 15) is 23.1 Å². The van der Waals surface area contributed by atoms with Gasteiger partial charge in [0.25, 0.3) is 5.56 Å². The van der Waals surface area contributed by atoms with Crippen LogP contribution in [0.1, 0.15) is 25.3 Å². The number of phenols is 1.